The first-order chi connectivity index (χ1) is 16.7. The molecule has 1 aromatic carbocycles. The molecule has 1 aromatic rings. The fourth-order valence-electron chi connectivity index (χ4n) is 4.95. The number of hydrogen-bond donors (Lipinski definition) is 1. The molecular weight excluding hydrogens is 456 g/mol. The fraction of sp³-hybridized carbons (Fsp3) is 0.560. The number of methoxy groups -OCH3 is 3. The van der Waals surface area contributed by atoms with E-state index in [9.17, 15) is 24.0 Å². The summed E-state index contributed by atoms with van der Waals surface area (Å²) in [5.74, 6) is -1.99. The second kappa shape index (κ2) is 11.3. The summed E-state index contributed by atoms with van der Waals surface area (Å²) in [5, 5.41) is 2.58. The number of esters is 2. The van der Waals surface area contributed by atoms with E-state index in [0.717, 1.165) is 25.7 Å². The van der Waals surface area contributed by atoms with Crippen LogP contribution < -0.4 is 10.1 Å². The smallest absolute Gasteiger partial charge is 0.328 e. The van der Waals surface area contributed by atoms with Crippen LogP contribution in [0.1, 0.15) is 56.9 Å². The molecule has 1 saturated carbocycles. The molecule has 0 spiro atoms. The quantitative estimate of drug-likeness (QED) is 0.389. The van der Waals surface area contributed by atoms with Gasteiger partial charge in [-0.3, -0.25) is 24.1 Å². The standard InChI is InChI=1S/C25H32N2O8/c1-33-18-10-8-16(9-11-18)25(15-21(29)27(24(25)32)17-6-4-5-7-17)14-20(28)26-19(23(31)35-3)12-13-22(30)34-2/h8-11,17,19H,4-7,12-15H2,1-3H3,(H,26,28)/t19-,25-/m0/s1. The topological polar surface area (TPSA) is 128 Å². The van der Waals surface area contributed by atoms with Crippen molar-refractivity contribution in [3.8, 4) is 5.75 Å². The normalized spacial score (nSPS) is 21.1. The Labute approximate surface area is 204 Å². The second-order valence-corrected chi connectivity index (χ2v) is 8.93. The minimum absolute atomic E-state index is 0.0261. The van der Waals surface area contributed by atoms with E-state index in [1.54, 1.807) is 24.3 Å². The van der Waals surface area contributed by atoms with E-state index < -0.39 is 35.2 Å². The molecule has 3 amide bonds. The summed E-state index contributed by atoms with van der Waals surface area (Å²) in [4.78, 5) is 65.1. The molecule has 1 N–H and O–H groups in total. The highest BCUT2D eigenvalue weighted by Crippen LogP contribution is 2.43. The molecule has 0 aromatic heterocycles. The molecule has 0 radical (unpaired) electrons. The van der Waals surface area contributed by atoms with Crippen LogP contribution >= 0.6 is 0 Å². The first-order valence-corrected chi connectivity index (χ1v) is 11.7. The van der Waals surface area contributed by atoms with Gasteiger partial charge in [-0.15, -0.1) is 0 Å². The largest absolute Gasteiger partial charge is 0.497 e. The van der Waals surface area contributed by atoms with Crippen molar-refractivity contribution in [1.82, 2.24) is 10.2 Å². The van der Waals surface area contributed by atoms with Crippen LogP contribution in [0.15, 0.2) is 24.3 Å². The maximum absolute atomic E-state index is 13.8. The van der Waals surface area contributed by atoms with Crippen LogP contribution in [0.4, 0.5) is 0 Å². The highest BCUT2D eigenvalue weighted by atomic mass is 16.5. The predicted octanol–water partition coefficient (Wildman–Crippen LogP) is 1.64. The third kappa shape index (κ3) is 5.63. The maximum Gasteiger partial charge on any atom is 0.328 e. The Bertz CT molecular complexity index is 970. The average molecular weight is 489 g/mol. The zero-order valence-corrected chi connectivity index (χ0v) is 20.3. The molecular formula is C25H32N2O8. The number of amides is 3. The molecule has 2 aliphatic rings. The first-order valence-electron chi connectivity index (χ1n) is 11.7. The number of ether oxygens (including phenoxy) is 3. The Balaban J connectivity index is 1.88. The molecule has 1 heterocycles. The number of likely N-dealkylation sites (tertiary alicyclic amines) is 1. The number of carbonyl (C=O) groups is 5. The van der Waals surface area contributed by atoms with Crippen molar-refractivity contribution < 1.29 is 38.2 Å². The number of carbonyl (C=O) groups excluding carboxylic acids is 5. The SMILES string of the molecule is COC(=O)CC[C@H](NC(=O)C[C@@]1(c2ccc(OC)cc2)CC(=O)N(C2CCCC2)C1=O)C(=O)OC. The zero-order chi connectivity index (χ0) is 25.6. The summed E-state index contributed by atoms with van der Waals surface area (Å²) < 4.78 is 14.6. The van der Waals surface area contributed by atoms with Crippen LogP contribution in [0.2, 0.25) is 0 Å². The molecule has 10 nitrogen and oxygen atoms in total. The molecule has 0 bridgehead atoms. The van der Waals surface area contributed by atoms with E-state index in [-0.39, 0.29) is 37.6 Å². The number of benzene rings is 1. The third-order valence-corrected chi connectivity index (χ3v) is 6.83. The summed E-state index contributed by atoms with van der Waals surface area (Å²) in [6.07, 6.45) is 2.78. The minimum atomic E-state index is -1.40. The van der Waals surface area contributed by atoms with Crippen LogP contribution in [0.25, 0.3) is 0 Å². The molecule has 1 aliphatic heterocycles. The van der Waals surface area contributed by atoms with Crippen LogP contribution in [0, 0.1) is 0 Å². The minimum Gasteiger partial charge on any atom is -0.497 e. The molecule has 2 fully saturated rings. The first kappa shape index (κ1) is 26.2. The number of nitrogens with one attached hydrogen (secondary N) is 1. The van der Waals surface area contributed by atoms with Gasteiger partial charge in [0.1, 0.15) is 11.8 Å². The average Bonchev–Trinajstić information content (AvgIpc) is 3.47. The lowest BCUT2D eigenvalue weighted by Crippen LogP contribution is -2.48. The zero-order valence-electron chi connectivity index (χ0n) is 20.3. The van der Waals surface area contributed by atoms with Gasteiger partial charge in [0, 0.05) is 25.3 Å². The van der Waals surface area contributed by atoms with E-state index in [4.69, 9.17) is 9.47 Å². The van der Waals surface area contributed by atoms with Crippen molar-refractivity contribution in [1.29, 1.82) is 0 Å². The van der Waals surface area contributed by atoms with Crippen LogP contribution in [0.3, 0.4) is 0 Å². The van der Waals surface area contributed by atoms with Crippen LogP contribution in [-0.4, -0.2) is 68.0 Å². The number of hydrogen-bond acceptors (Lipinski definition) is 8. The molecule has 10 heteroatoms. The van der Waals surface area contributed by atoms with Crippen LogP contribution in [0.5, 0.6) is 5.75 Å². The van der Waals surface area contributed by atoms with Crippen molar-refractivity contribution in [2.75, 3.05) is 21.3 Å². The highest BCUT2D eigenvalue weighted by Gasteiger charge is 2.55. The van der Waals surface area contributed by atoms with E-state index >= 15 is 0 Å². The second-order valence-electron chi connectivity index (χ2n) is 8.93. The van der Waals surface area contributed by atoms with E-state index in [1.165, 1.54) is 26.2 Å². The Morgan fingerprint density at radius 2 is 1.71 bits per heavy atom. The molecule has 0 unspecified atom stereocenters. The van der Waals surface area contributed by atoms with E-state index in [2.05, 4.69) is 10.1 Å². The molecule has 3 rings (SSSR count). The van der Waals surface area contributed by atoms with Crippen LogP contribution in [-0.2, 0) is 38.9 Å². The molecule has 2 atom stereocenters. The van der Waals surface area contributed by atoms with Crippen molar-refractivity contribution in [2.24, 2.45) is 0 Å². The Hall–Kier alpha value is -3.43. The van der Waals surface area contributed by atoms with E-state index in [1.807, 2.05) is 0 Å². The lowest BCUT2D eigenvalue weighted by atomic mass is 9.75. The Morgan fingerprint density at radius 1 is 1.06 bits per heavy atom. The summed E-state index contributed by atoms with van der Waals surface area (Å²) in [7, 11) is 3.92. The van der Waals surface area contributed by atoms with Gasteiger partial charge >= 0.3 is 11.9 Å². The molecule has 35 heavy (non-hydrogen) atoms. The van der Waals surface area contributed by atoms with Gasteiger partial charge < -0.3 is 19.5 Å². The number of imide groups is 1. The fourth-order valence-corrected chi connectivity index (χ4v) is 4.95. The molecule has 1 saturated heterocycles. The summed E-state index contributed by atoms with van der Waals surface area (Å²) in [6.45, 7) is 0. The number of rotatable bonds is 10. The van der Waals surface area contributed by atoms with Crippen molar-refractivity contribution >= 4 is 29.7 Å². The van der Waals surface area contributed by atoms with Gasteiger partial charge in [-0.25, -0.2) is 4.79 Å². The van der Waals surface area contributed by atoms with Crippen molar-refractivity contribution in [3.63, 3.8) is 0 Å². The lowest BCUT2D eigenvalue weighted by molar-refractivity contribution is -0.146. The monoisotopic (exact) mass is 488 g/mol. The summed E-state index contributed by atoms with van der Waals surface area (Å²) in [5.41, 5.74) is -0.879. The van der Waals surface area contributed by atoms with Gasteiger partial charge in [-0.05, 0) is 37.0 Å². The Morgan fingerprint density at radius 3 is 2.29 bits per heavy atom. The summed E-state index contributed by atoms with van der Waals surface area (Å²) >= 11 is 0. The maximum atomic E-state index is 13.8. The number of nitrogens with zero attached hydrogens (tertiary/aromatic N) is 1. The van der Waals surface area contributed by atoms with Crippen molar-refractivity contribution in [3.05, 3.63) is 29.8 Å². The lowest BCUT2D eigenvalue weighted by Gasteiger charge is -2.29. The van der Waals surface area contributed by atoms with E-state index in [0.29, 0.717) is 11.3 Å². The van der Waals surface area contributed by atoms with Gasteiger partial charge in [0.25, 0.3) is 0 Å². The molecule has 190 valence electrons. The van der Waals surface area contributed by atoms with Gasteiger partial charge in [0.2, 0.25) is 17.7 Å². The van der Waals surface area contributed by atoms with Gasteiger partial charge in [0.05, 0.1) is 26.7 Å². The van der Waals surface area contributed by atoms with Gasteiger partial charge in [-0.2, -0.15) is 0 Å². The third-order valence-electron chi connectivity index (χ3n) is 6.83. The van der Waals surface area contributed by atoms with Gasteiger partial charge in [-0.1, -0.05) is 25.0 Å². The Kier molecular flexibility index (Phi) is 8.48. The van der Waals surface area contributed by atoms with Crippen molar-refractivity contribution in [2.45, 2.75) is 68.9 Å². The van der Waals surface area contributed by atoms with Gasteiger partial charge in [0.15, 0.2) is 0 Å². The summed E-state index contributed by atoms with van der Waals surface area (Å²) in [6, 6.07) is 5.46. The highest BCUT2D eigenvalue weighted by molar-refractivity contribution is 6.11. The predicted molar refractivity (Wildman–Crippen MR) is 123 cm³/mol. The molecule has 1 aliphatic carbocycles.